The van der Waals surface area contributed by atoms with Crippen LogP contribution in [0, 0.1) is 13.8 Å². The summed E-state index contributed by atoms with van der Waals surface area (Å²) >= 11 is 0. The van der Waals surface area contributed by atoms with Crippen molar-refractivity contribution in [1.29, 1.82) is 0 Å². The molecule has 1 fully saturated rings. The summed E-state index contributed by atoms with van der Waals surface area (Å²) in [5, 5.41) is 4.41. The lowest BCUT2D eigenvalue weighted by Gasteiger charge is -2.32. The first-order chi connectivity index (χ1) is 15.2. The average molecular weight is 445 g/mol. The Bertz CT molecular complexity index is 1090. The van der Waals surface area contributed by atoms with Crippen LogP contribution >= 0.6 is 0 Å². The van der Waals surface area contributed by atoms with Gasteiger partial charge in [-0.05, 0) is 49.6 Å². The van der Waals surface area contributed by atoms with E-state index in [0.29, 0.717) is 25.1 Å². The minimum absolute atomic E-state index is 0.180. The normalized spacial score (nSPS) is 17.6. The number of aryl methyl sites for hydroxylation is 3. The quantitative estimate of drug-likeness (QED) is 0.576. The van der Waals surface area contributed by atoms with Crippen LogP contribution in [0.1, 0.15) is 45.4 Å². The highest BCUT2D eigenvalue weighted by molar-refractivity contribution is 5.32. The van der Waals surface area contributed by atoms with Gasteiger partial charge in [-0.25, -0.2) is 0 Å². The molecule has 0 unspecified atom stereocenters. The molecule has 0 radical (unpaired) electrons. The van der Waals surface area contributed by atoms with Crippen molar-refractivity contribution in [2.24, 2.45) is 7.05 Å². The predicted octanol–water partition coefficient (Wildman–Crippen LogP) is 4.62. The fourth-order valence-corrected chi connectivity index (χ4v) is 4.20. The molecular formula is C24H27F3N4O. The van der Waals surface area contributed by atoms with E-state index in [1.54, 1.807) is 6.07 Å². The maximum atomic E-state index is 13.1. The number of nitrogens with zero attached hydrogens (tertiary/aromatic N) is 4. The molecule has 3 heterocycles. The highest BCUT2D eigenvalue weighted by atomic mass is 19.4. The lowest BCUT2D eigenvalue weighted by atomic mass is 10.0. The van der Waals surface area contributed by atoms with Crippen molar-refractivity contribution in [3.05, 3.63) is 81.9 Å². The van der Waals surface area contributed by atoms with Crippen molar-refractivity contribution in [1.82, 2.24) is 19.7 Å². The standard InChI is InChI=1S/C24H27F3N4O/c1-16-9-19(10-18-5-4-6-21(11-18)24(25,26)27)12-22(28-16)23-15-31(7-8-32-23)14-20-13-30(3)29-17(20)2/h4-6,9,11-13,23H,7-8,10,14-15H2,1-3H3/t23-/m1/s1. The molecular weight excluding hydrogens is 417 g/mol. The molecule has 0 saturated carbocycles. The Balaban J connectivity index is 1.50. The molecule has 8 heteroatoms. The molecule has 5 nitrogen and oxygen atoms in total. The number of halogens is 3. The summed E-state index contributed by atoms with van der Waals surface area (Å²) in [6.45, 7) is 6.83. The molecule has 1 aromatic carbocycles. The molecule has 3 aromatic rings. The summed E-state index contributed by atoms with van der Waals surface area (Å²) < 4.78 is 47.0. The highest BCUT2D eigenvalue weighted by Crippen LogP contribution is 2.30. The van der Waals surface area contributed by atoms with E-state index >= 15 is 0 Å². The summed E-state index contributed by atoms with van der Waals surface area (Å²) in [6.07, 6.45) is -2.08. The Morgan fingerprint density at radius 2 is 1.94 bits per heavy atom. The predicted molar refractivity (Wildman–Crippen MR) is 115 cm³/mol. The summed E-state index contributed by atoms with van der Waals surface area (Å²) in [5.41, 5.74) is 4.78. The van der Waals surface area contributed by atoms with Crippen molar-refractivity contribution in [3.8, 4) is 0 Å². The molecule has 1 saturated heterocycles. The number of morpholine rings is 1. The first-order valence-corrected chi connectivity index (χ1v) is 10.6. The molecule has 1 aliphatic heterocycles. The second kappa shape index (κ2) is 9.03. The Morgan fingerprint density at radius 3 is 2.66 bits per heavy atom. The van der Waals surface area contributed by atoms with Gasteiger partial charge in [-0.3, -0.25) is 14.6 Å². The van der Waals surface area contributed by atoms with Crippen molar-refractivity contribution in [2.45, 2.75) is 39.1 Å². The second-order valence-corrected chi connectivity index (χ2v) is 8.42. The summed E-state index contributed by atoms with van der Waals surface area (Å²) in [4.78, 5) is 7.00. The number of alkyl halides is 3. The Morgan fingerprint density at radius 1 is 1.12 bits per heavy atom. The van der Waals surface area contributed by atoms with Gasteiger partial charge in [-0.2, -0.15) is 18.3 Å². The molecule has 0 bridgehead atoms. The molecule has 0 aliphatic carbocycles. The first-order valence-electron chi connectivity index (χ1n) is 10.6. The monoisotopic (exact) mass is 444 g/mol. The van der Waals surface area contributed by atoms with Crippen LogP contribution in [0.4, 0.5) is 13.2 Å². The van der Waals surface area contributed by atoms with Gasteiger partial charge in [0.1, 0.15) is 6.10 Å². The summed E-state index contributed by atoms with van der Waals surface area (Å²) in [7, 11) is 1.92. The van der Waals surface area contributed by atoms with Crippen molar-refractivity contribution in [2.75, 3.05) is 19.7 Å². The number of ether oxygens (including phenoxy) is 1. The Labute approximate surface area is 185 Å². The number of aromatic nitrogens is 3. The molecule has 0 N–H and O–H groups in total. The van der Waals surface area contributed by atoms with Gasteiger partial charge in [-0.1, -0.05) is 18.2 Å². The van der Waals surface area contributed by atoms with Crippen LogP contribution in [0.2, 0.25) is 0 Å². The van der Waals surface area contributed by atoms with E-state index in [1.165, 1.54) is 17.7 Å². The lowest BCUT2D eigenvalue weighted by Crippen LogP contribution is -2.38. The zero-order valence-corrected chi connectivity index (χ0v) is 18.5. The van der Waals surface area contributed by atoms with E-state index in [9.17, 15) is 13.2 Å². The fraction of sp³-hybridized carbons (Fsp3) is 0.417. The number of benzene rings is 1. The molecule has 1 atom stereocenters. The fourth-order valence-electron chi connectivity index (χ4n) is 4.20. The number of hydrogen-bond donors (Lipinski definition) is 0. The third-order valence-electron chi connectivity index (χ3n) is 5.69. The van der Waals surface area contributed by atoms with Crippen LogP contribution < -0.4 is 0 Å². The summed E-state index contributed by atoms with van der Waals surface area (Å²) in [5.74, 6) is 0. The van der Waals surface area contributed by atoms with Crippen LogP contribution in [0.25, 0.3) is 0 Å². The number of rotatable bonds is 5. The van der Waals surface area contributed by atoms with E-state index in [2.05, 4.69) is 15.0 Å². The molecule has 4 rings (SSSR count). The number of hydrogen-bond acceptors (Lipinski definition) is 4. The van der Waals surface area contributed by atoms with Crippen molar-refractivity contribution >= 4 is 0 Å². The van der Waals surface area contributed by atoms with Crippen molar-refractivity contribution in [3.63, 3.8) is 0 Å². The summed E-state index contributed by atoms with van der Waals surface area (Å²) in [6, 6.07) is 9.36. The number of pyridine rings is 1. The first kappa shape index (κ1) is 22.5. The molecule has 170 valence electrons. The Hall–Kier alpha value is -2.71. The Kier molecular flexibility index (Phi) is 6.35. The lowest BCUT2D eigenvalue weighted by molar-refractivity contribution is -0.137. The van der Waals surface area contributed by atoms with Gasteiger partial charge in [0, 0.05) is 44.1 Å². The molecule has 0 spiro atoms. The van der Waals surface area contributed by atoms with Gasteiger partial charge < -0.3 is 4.74 Å². The maximum absolute atomic E-state index is 13.1. The van der Waals surface area contributed by atoms with Crippen LogP contribution in [0.15, 0.2) is 42.6 Å². The van der Waals surface area contributed by atoms with Gasteiger partial charge in [-0.15, -0.1) is 0 Å². The minimum atomic E-state index is -4.35. The van der Waals surface area contributed by atoms with Crippen LogP contribution in [0.5, 0.6) is 0 Å². The molecule has 0 amide bonds. The van der Waals surface area contributed by atoms with Gasteiger partial charge in [0.2, 0.25) is 0 Å². The average Bonchev–Trinajstić information content (AvgIpc) is 3.04. The van der Waals surface area contributed by atoms with Gasteiger partial charge in [0.25, 0.3) is 0 Å². The van der Waals surface area contributed by atoms with E-state index in [-0.39, 0.29) is 6.10 Å². The third kappa shape index (κ3) is 5.37. The van der Waals surface area contributed by atoms with Crippen LogP contribution in [-0.4, -0.2) is 39.4 Å². The van der Waals surface area contributed by atoms with Crippen LogP contribution in [0.3, 0.4) is 0 Å². The zero-order valence-electron chi connectivity index (χ0n) is 18.5. The van der Waals surface area contributed by atoms with Gasteiger partial charge in [0.15, 0.2) is 0 Å². The smallest absolute Gasteiger partial charge is 0.369 e. The molecule has 2 aromatic heterocycles. The minimum Gasteiger partial charge on any atom is -0.369 e. The molecule has 1 aliphatic rings. The van der Waals surface area contributed by atoms with Gasteiger partial charge >= 0.3 is 6.18 Å². The van der Waals surface area contributed by atoms with E-state index in [4.69, 9.17) is 4.74 Å². The maximum Gasteiger partial charge on any atom is 0.416 e. The largest absolute Gasteiger partial charge is 0.416 e. The molecule has 32 heavy (non-hydrogen) atoms. The van der Waals surface area contributed by atoms with E-state index in [0.717, 1.165) is 41.8 Å². The SMILES string of the molecule is Cc1cc(Cc2cccc(C(F)(F)F)c2)cc([C@H]2CN(Cc3cn(C)nc3C)CCO2)n1. The van der Waals surface area contributed by atoms with Crippen molar-refractivity contribution < 1.29 is 17.9 Å². The van der Waals surface area contributed by atoms with E-state index in [1.807, 2.05) is 43.9 Å². The zero-order chi connectivity index (χ0) is 22.9. The third-order valence-corrected chi connectivity index (χ3v) is 5.69. The second-order valence-electron chi connectivity index (χ2n) is 8.42. The topological polar surface area (TPSA) is 43.2 Å². The highest BCUT2D eigenvalue weighted by Gasteiger charge is 2.30. The van der Waals surface area contributed by atoms with E-state index < -0.39 is 11.7 Å². The van der Waals surface area contributed by atoms with Crippen LogP contribution in [-0.2, 0) is 30.9 Å². The van der Waals surface area contributed by atoms with Gasteiger partial charge in [0.05, 0.1) is 23.6 Å².